The number of hydrogen-bond donors (Lipinski definition) is 1. The van der Waals surface area contributed by atoms with Gasteiger partial charge in [0.25, 0.3) is 11.7 Å². The second kappa shape index (κ2) is 8.91. The van der Waals surface area contributed by atoms with E-state index in [4.69, 9.17) is 4.74 Å². The first kappa shape index (κ1) is 20.5. The van der Waals surface area contributed by atoms with E-state index < -0.39 is 11.7 Å². The van der Waals surface area contributed by atoms with Gasteiger partial charge in [-0.25, -0.2) is 9.40 Å². The van der Waals surface area contributed by atoms with Gasteiger partial charge in [-0.1, -0.05) is 18.2 Å². The summed E-state index contributed by atoms with van der Waals surface area (Å²) in [5.74, 6) is -0.600. The van der Waals surface area contributed by atoms with Crippen LogP contribution in [0.1, 0.15) is 15.9 Å². The molecule has 1 N–H and O–H groups in total. The summed E-state index contributed by atoms with van der Waals surface area (Å²) in [6, 6.07) is 11.9. The fourth-order valence-electron chi connectivity index (χ4n) is 3.84. The van der Waals surface area contributed by atoms with E-state index in [0.29, 0.717) is 42.2 Å². The van der Waals surface area contributed by atoms with Crippen LogP contribution in [0.4, 0.5) is 10.1 Å². The first-order valence-corrected chi connectivity index (χ1v) is 10.1. The summed E-state index contributed by atoms with van der Waals surface area (Å²) in [7, 11) is 1.53. The zero-order valence-corrected chi connectivity index (χ0v) is 16.9. The first-order valence-electron chi connectivity index (χ1n) is 10.1. The Balaban J connectivity index is 1.27. The monoisotopic (exact) mass is 412 g/mol. The van der Waals surface area contributed by atoms with Gasteiger partial charge >= 0.3 is 0 Å². The number of amides is 1. The van der Waals surface area contributed by atoms with Crippen LogP contribution in [-0.2, 0) is 11.3 Å². The summed E-state index contributed by atoms with van der Waals surface area (Å²) in [6.07, 6.45) is 0. The number of benzene rings is 2. The highest BCUT2D eigenvalue weighted by molar-refractivity contribution is 6.52. The number of hydrogen-bond acceptors (Lipinski definition) is 6. The van der Waals surface area contributed by atoms with Gasteiger partial charge in [0.2, 0.25) is 0 Å². The molecule has 0 aliphatic carbocycles. The highest BCUT2D eigenvalue weighted by atomic mass is 19.1. The van der Waals surface area contributed by atoms with Crippen molar-refractivity contribution in [1.82, 2.24) is 15.3 Å². The number of carbonyl (C=O) groups excluding carboxylic acids is 2. The predicted octanol–water partition coefficient (Wildman–Crippen LogP) is 1.69. The molecular formula is C22H25FN4O3. The molecule has 0 bridgehead atoms. The van der Waals surface area contributed by atoms with Crippen molar-refractivity contribution in [3.63, 3.8) is 0 Å². The van der Waals surface area contributed by atoms with Gasteiger partial charge in [0, 0.05) is 51.4 Å². The van der Waals surface area contributed by atoms with Crippen molar-refractivity contribution >= 4 is 17.4 Å². The van der Waals surface area contributed by atoms with Crippen molar-refractivity contribution in [1.29, 1.82) is 0 Å². The van der Waals surface area contributed by atoms with Gasteiger partial charge in [0.15, 0.2) is 0 Å². The minimum Gasteiger partial charge on any atom is -0.497 e. The number of nitrogens with one attached hydrogen (secondary N) is 1. The number of anilines is 1. The van der Waals surface area contributed by atoms with Gasteiger partial charge < -0.3 is 9.64 Å². The summed E-state index contributed by atoms with van der Waals surface area (Å²) in [6.45, 7) is 4.87. The largest absolute Gasteiger partial charge is 0.497 e. The smallest absolute Gasteiger partial charge is 0.299 e. The number of hydrazine groups is 1. The number of methoxy groups -OCH3 is 1. The number of piperazine rings is 1. The van der Waals surface area contributed by atoms with E-state index in [-0.39, 0.29) is 5.82 Å². The summed E-state index contributed by atoms with van der Waals surface area (Å²) in [5, 5.41) is 2.09. The van der Waals surface area contributed by atoms with Crippen LogP contribution in [0.15, 0.2) is 42.5 Å². The molecule has 158 valence electrons. The Morgan fingerprint density at radius 1 is 1.03 bits per heavy atom. The fraction of sp³-hybridized carbons (Fsp3) is 0.364. The maximum absolute atomic E-state index is 13.7. The summed E-state index contributed by atoms with van der Waals surface area (Å²) >= 11 is 0. The first-order chi connectivity index (χ1) is 14.6. The molecule has 2 aromatic carbocycles. The molecule has 1 saturated heterocycles. The van der Waals surface area contributed by atoms with Gasteiger partial charge in [-0.05, 0) is 24.3 Å². The van der Waals surface area contributed by atoms with Crippen molar-refractivity contribution < 1.29 is 18.7 Å². The van der Waals surface area contributed by atoms with E-state index in [9.17, 15) is 14.0 Å². The zero-order chi connectivity index (χ0) is 21.1. The summed E-state index contributed by atoms with van der Waals surface area (Å²) in [4.78, 5) is 28.5. The molecular weight excluding hydrogens is 387 g/mol. The average molecular weight is 412 g/mol. The minimum atomic E-state index is -0.483. The molecule has 4 rings (SSSR count). The van der Waals surface area contributed by atoms with Gasteiger partial charge in [0.1, 0.15) is 11.6 Å². The molecule has 0 radical (unpaired) electrons. The van der Waals surface area contributed by atoms with Crippen LogP contribution in [0.3, 0.4) is 0 Å². The van der Waals surface area contributed by atoms with E-state index in [2.05, 4.69) is 15.3 Å². The molecule has 0 aromatic heterocycles. The zero-order valence-electron chi connectivity index (χ0n) is 16.9. The van der Waals surface area contributed by atoms with E-state index in [0.717, 1.165) is 26.2 Å². The molecule has 8 heteroatoms. The number of carbonyl (C=O) groups is 2. The Hall–Kier alpha value is -2.81. The van der Waals surface area contributed by atoms with Crippen molar-refractivity contribution in [2.75, 3.05) is 51.3 Å². The number of nitrogens with zero attached hydrogens (tertiary/aromatic N) is 3. The van der Waals surface area contributed by atoms with Crippen LogP contribution in [0.5, 0.6) is 5.75 Å². The van der Waals surface area contributed by atoms with Crippen LogP contribution < -0.4 is 15.1 Å². The third-order valence-corrected chi connectivity index (χ3v) is 5.64. The Labute approximate surface area is 175 Å². The molecule has 0 unspecified atom stereocenters. The average Bonchev–Trinajstić information content (AvgIpc) is 3.01. The van der Waals surface area contributed by atoms with E-state index >= 15 is 0 Å². The third kappa shape index (κ3) is 4.21. The van der Waals surface area contributed by atoms with Crippen LogP contribution in [0, 0.1) is 5.82 Å². The number of rotatable bonds is 7. The molecule has 30 heavy (non-hydrogen) atoms. The Morgan fingerprint density at radius 2 is 1.80 bits per heavy atom. The fourth-order valence-corrected chi connectivity index (χ4v) is 3.84. The highest BCUT2D eigenvalue weighted by Gasteiger charge is 2.36. The summed E-state index contributed by atoms with van der Waals surface area (Å²) in [5.41, 5.74) is 4.98. The van der Waals surface area contributed by atoms with E-state index in [1.165, 1.54) is 13.2 Å². The minimum absolute atomic E-state index is 0.202. The van der Waals surface area contributed by atoms with Crippen molar-refractivity contribution in [2.24, 2.45) is 0 Å². The number of fused-ring (bicyclic) bond motifs is 1. The lowest BCUT2D eigenvalue weighted by Crippen LogP contribution is -2.53. The predicted molar refractivity (Wildman–Crippen MR) is 111 cm³/mol. The van der Waals surface area contributed by atoms with Gasteiger partial charge in [-0.3, -0.25) is 19.9 Å². The quantitative estimate of drug-likeness (QED) is 0.699. The molecule has 2 aromatic rings. The number of halogens is 1. The molecule has 0 atom stereocenters. The maximum Gasteiger partial charge on any atom is 0.299 e. The maximum atomic E-state index is 13.7. The van der Waals surface area contributed by atoms with Crippen molar-refractivity contribution in [3.05, 3.63) is 59.4 Å². The van der Waals surface area contributed by atoms with Gasteiger partial charge in [0.05, 0.1) is 18.4 Å². The molecule has 1 fully saturated rings. The number of ketones is 1. The SMILES string of the molecule is COc1ccc2c(c1)C(=O)C(=O)N2CCN1CCN(NCc2ccccc2F)CC1. The van der Waals surface area contributed by atoms with Crippen LogP contribution >= 0.6 is 0 Å². The summed E-state index contributed by atoms with van der Waals surface area (Å²) < 4.78 is 18.9. The standard InChI is InChI=1S/C22H25FN4O3/c1-30-17-6-7-20-18(14-17)21(28)22(29)27(20)13-10-25-8-11-26(12-9-25)24-15-16-4-2-3-5-19(16)23/h2-7,14,24H,8-13,15H2,1H3. The molecule has 0 spiro atoms. The molecule has 1 amide bonds. The Kier molecular flexibility index (Phi) is 6.08. The Bertz CT molecular complexity index is 944. The van der Waals surface area contributed by atoms with Crippen LogP contribution in [0.2, 0.25) is 0 Å². The number of Topliss-reactive ketones (excluding diaryl/α,β-unsaturated/α-hetero) is 1. The Morgan fingerprint density at radius 3 is 2.53 bits per heavy atom. The molecule has 0 saturated carbocycles. The molecule has 7 nitrogen and oxygen atoms in total. The second-order valence-corrected chi connectivity index (χ2v) is 7.42. The van der Waals surface area contributed by atoms with Gasteiger partial charge in [-0.15, -0.1) is 0 Å². The van der Waals surface area contributed by atoms with Crippen molar-refractivity contribution in [3.8, 4) is 5.75 Å². The van der Waals surface area contributed by atoms with E-state index in [1.807, 2.05) is 6.07 Å². The normalized spacial score (nSPS) is 17.5. The van der Waals surface area contributed by atoms with Crippen LogP contribution in [-0.4, -0.2) is 68.0 Å². The molecule has 2 heterocycles. The molecule has 2 aliphatic rings. The lowest BCUT2D eigenvalue weighted by atomic mass is 10.1. The highest BCUT2D eigenvalue weighted by Crippen LogP contribution is 2.31. The van der Waals surface area contributed by atoms with Crippen molar-refractivity contribution in [2.45, 2.75) is 6.54 Å². The van der Waals surface area contributed by atoms with Crippen LogP contribution in [0.25, 0.3) is 0 Å². The van der Waals surface area contributed by atoms with E-state index in [1.54, 1.807) is 35.2 Å². The topological polar surface area (TPSA) is 65.1 Å². The second-order valence-electron chi connectivity index (χ2n) is 7.42. The molecule has 2 aliphatic heterocycles. The van der Waals surface area contributed by atoms with Gasteiger partial charge in [-0.2, -0.15) is 0 Å². The lowest BCUT2D eigenvalue weighted by molar-refractivity contribution is -0.114. The third-order valence-electron chi connectivity index (χ3n) is 5.64. The number of ether oxygens (including phenoxy) is 1. The lowest BCUT2D eigenvalue weighted by Gasteiger charge is -2.35.